The van der Waals surface area contributed by atoms with Crippen molar-refractivity contribution in [3.05, 3.63) is 29.3 Å². The van der Waals surface area contributed by atoms with Crippen LogP contribution in [0.15, 0.2) is 18.2 Å². The lowest BCUT2D eigenvalue weighted by molar-refractivity contribution is 0.0696. The van der Waals surface area contributed by atoms with Crippen molar-refractivity contribution >= 4 is 19.7 Å². The highest BCUT2D eigenvalue weighted by molar-refractivity contribution is 6.77. The van der Waals surface area contributed by atoms with E-state index in [0.717, 1.165) is 24.2 Å². The largest absolute Gasteiger partial charge is 0.478 e. The summed E-state index contributed by atoms with van der Waals surface area (Å²) in [5, 5.41) is 12.7. The van der Waals surface area contributed by atoms with Crippen LogP contribution < -0.4 is 5.32 Å². The van der Waals surface area contributed by atoms with Gasteiger partial charge in [0.15, 0.2) is 0 Å². The Morgan fingerprint density at radius 3 is 2.00 bits per heavy atom. The molecule has 1 aromatic carbocycles. The van der Waals surface area contributed by atoms with Crippen LogP contribution in [-0.2, 0) is 6.42 Å². The van der Waals surface area contributed by atoms with Crippen molar-refractivity contribution in [1.29, 1.82) is 0 Å². The molecular formula is C26H47NO2Si. The zero-order valence-electron chi connectivity index (χ0n) is 20.2. The van der Waals surface area contributed by atoms with Gasteiger partial charge < -0.3 is 10.4 Å². The predicted molar refractivity (Wildman–Crippen MR) is 135 cm³/mol. The maximum atomic E-state index is 11.3. The molecule has 0 amide bonds. The van der Waals surface area contributed by atoms with E-state index >= 15 is 0 Å². The van der Waals surface area contributed by atoms with Gasteiger partial charge in [-0.15, -0.1) is 0 Å². The van der Waals surface area contributed by atoms with Crippen LogP contribution in [0.3, 0.4) is 0 Å². The van der Waals surface area contributed by atoms with E-state index in [1.165, 1.54) is 82.7 Å². The Balaban J connectivity index is 2.14. The number of benzene rings is 1. The SMILES string of the molecule is CCCCCCCCCCCC[Si](C)(C)CCCNc1ccc(C(=O)O)c(CC)c1. The first-order chi connectivity index (χ1) is 14.4. The van der Waals surface area contributed by atoms with Crippen LogP contribution in [0.2, 0.25) is 25.2 Å². The molecule has 0 bridgehead atoms. The number of hydrogen-bond donors (Lipinski definition) is 2. The van der Waals surface area contributed by atoms with Gasteiger partial charge in [-0.25, -0.2) is 4.79 Å². The van der Waals surface area contributed by atoms with Crippen molar-refractivity contribution < 1.29 is 9.90 Å². The molecule has 1 rings (SSSR count). The molecule has 0 aliphatic rings. The Morgan fingerprint density at radius 1 is 0.867 bits per heavy atom. The Kier molecular flexibility index (Phi) is 13.8. The van der Waals surface area contributed by atoms with Gasteiger partial charge in [0.25, 0.3) is 0 Å². The molecule has 0 unspecified atom stereocenters. The lowest BCUT2D eigenvalue weighted by Crippen LogP contribution is -2.25. The summed E-state index contributed by atoms with van der Waals surface area (Å²) in [6.45, 7) is 10.3. The van der Waals surface area contributed by atoms with Gasteiger partial charge in [-0.3, -0.25) is 0 Å². The van der Waals surface area contributed by atoms with E-state index in [-0.39, 0.29) is 0 Å². The van der Waals surface area contributed by atoms with Gasteiger partial charge in [-0.2, -0.15) is 0 Å². The number of unbranched alkanes of at least 4 members (excludes halogenated alkanes) is 9. The molecule has 4 heteroatoms. The number of rotatable bonds is 18. The molecule has 0 saturated carbocycles. The minimum absolute atomic E-state index is 0.424. The van der Waals surface area contributed by atoms with Crippen LogP contribution in [0.1, 0.15) is 100 Å². The Hall–Kier alpha value is -1.29. The van der Waals surface area contributed by atoms with Gasteiger partial charge in [0, 0.05) is 20.3 Å². The number of carbonyl (C=O) groups is 1. The van der Waals surface area contributed by atoms with E-state index < -0.39 is 14.0 Å². The van der Waals surface area contributed by atoms with Crippen LogP contribution in [-0.4, -0.2) is 25.7 Å². The number of aromatic carboxylic acids is 1. The lowest BCUT2D eigenvalue weighted by atomic mass is 10.0. The van der Waals surface area contributed by atoms with Gasteiger partial charge in [-0.05, 0) is 36.6 Å². The molecule has 0 spiro atoms. The van der Waals surface area contributed by atoms with Crippen molar-refractivity contribution in [2.24, 2.45) is 0 Å². The molecule has 2 N–H and O–H groups in total. The van der Waals surface area contributed by atoms with Crippen molar-refractivity contribution in [3.8, 4) is 0 Å². The van der Waals surface area contributed by atoms with E-state index in [2.05, 4.69) is 25.3 Å². The summed E-state index contributed by atoms with van der Waals surface area (Å²) < 4.78 is 0. The quantitative estimate of drug-likeness (QED) is 0.180. The number of hydrogen-bond acceptors (Lipinski definition) is 2. The second kappa shape index (κ2) is 15.5. The van der Waals surface area contributed by atoms with E-state index in [1.807, 2.05) is 19.1 Å². The maximum Gasteiger partial charge on any atom is 0.335 e. The first-order valence-corrected chi connectivity index (χ1v) is 15.9. The topological polar surface area (TPSA) is 49.3 Å². The normalized spacial score (nSPS) is 11.6. The van der Waals surface area contributed by atoms with Crippen molar-refractivity contribution in [3.63, 3.8) is 0 Å². The third kappa shape index (κ3) is 11.8. The number of carboxylic acids is 1. The van der Waals surface area contributed by atoms with Crippen LogP contribution in [0.5, 0.6) is 0 Å². The fourth-order valence-corrected chi connectivity index (χ4v) is 6.81. The highest BCUT2D eigenvalue weighted by Crippen LogP contribution is 2.22. The molecule has 0 radical (unpaired) electrons. The number of carboxylic acid groups (broad SMARTS) is 1. The maximum absolute atomic E-state index is 11.3. The molecule has 0 aliphatic heterocycles. The Bertz CT molecular complexity index is 601. The molecule has 0 aromatic heterocycles. The minimum atomic E-state index is -1.09. The average molecular weight is 434 g/mol. The van der Waals surface area contributed by atoms with E-state index in [9.17, 15) is 9.90 Å². The molecule has 0 heterocycles. The summed E-state index contributed by atoms with van der Waals surface area (Å²) in [5.74, 6) is -0.835. The number of aryl methyl sites for hydroxylation is 1. The summed E-state index contributed by atoms with van der Waals surface area (Å²) in [6, 6.07) is 8.44. The predicted octanol–water partition coefficient (Wildman–Crippen LogP) is 8.38. The Labute approximate surface area is 187 Å². The summed E-state index contributed by atoms with van der Waals surface area (Å²) >= 11 is 0. The standard InChI is InChI=1S/C26H47NO2Si/c1-5-7-8-9-10-11-12-13-14-15-20-30(3,4)21-16-19-27-24-17-18-25(26(28)29)23(6-2)22-24/h17-18,22,27H,5-16,19-21H2,1-4H3,(H,28,29). The summed E-state index contributed by atoms with van der Waals surface area (Å²) in [4.78, 5) is 11.3. The summed E-state index contributed by atoms with van der Waals surface area (Å²) in [5.41, 5.74) is 2.38. The molecule has 0 atom stereocenters. The molecule has 0 aliphatic carbocycles. The van der Waals surface area contributed by atoms with Crippen molar-refractivity contribution in [2.45, 2.75) is 116 Å². The molecule has 3 nitrogen and oxygen atoms in total. The molecule has 30 heavy (non-hydrogen) atoms. The second-order valence-electron chi connectivity index (χ2n) is 9.66. The minimum Gasteiger partial charge on any atom is -0.478 e. The van der Waals surface area contributed by atoms with E-state index in [4.69, 9.17) is 0 Å². The summed E-state index contributed by atoms with van der Waals surface area (Å²) in [7, 11) is -1.09. The van der Waals surface area contributed by atoms with Gasteiger partial charge in [-0.1, -0.05) is 103 Å². The van der Waals surface area contributed by atoms with Gasteiger partial charge in [0.2, 0.25) is 0 Å². The van der Waals surface area contributed by atoms with Crippen molar-refractivity contribution in [1.82, 2.24) is 0 Å². The molecular weight excluding hydrogens is 386 g/mol. The van der Waals surface area contributed by atoms with Gasteiger partial charge in [0.05, 0.1) is 5.56 Å². The molecule has 172 valence electrons. The first kappa shape index (κ1) is 26.7. The fraction of sp³-hybridized carbons (Fsp3) is 0.731. The van der Waals surface area contributed by atoms with Crippen LogP contribution in [0.4, 0.5) is 5.69 Å². The van der Waals surface area contributed by atoms with Crippen LogP contribution in [0.25, 0.3) is 0 Å². The average Bonchev–Trinajstić information content (AvgIpc) is 2.72. The van der Waals surface area contributed by atoms with Crippen molar-refractivity contribution in [2.75, 3.05) is 11.9 Å². The zero-order valence-corrected chi connectivity index (χ0v) is 21.2. The van der Waals surface area contributed by atoms with E-state index in [1.54, 1.807) is 6.07 Å². The fourth-order valence-electron chi connectivity index (χ4n) is 4.22. The summed E-state index contributed by atoms with van der Waals surface area (Å²) in [6.07, 6.45) is 16.1. The molecule has 0 saturated heterocycles. The van der Waals surface area contributed by atoms with Gasteiger partial charge in [0.1, 0.15) is 0 Å². The lowest BCUT2D eigenvalue weighted by Gasteiger charge is -2.22. The number of anilines is 1. The third-order valence-corrected chi connectivity index (χ3v) is 9.70. The second-order valence-corrected chi connectivity index (χ2v) is 15.0. The van der Waals surface area contributed by atoms with Crippen LogP contribution >= 0.6 is 0 Å². The number of nitrogens with one attached hydrogen (secondary N) is 1. The first-order valence-electron chi connectivity index (χ1n) is 12.5. The Morgan fingerprint density at radius 2 is 1.43 bits per heavy atom. The monoisotopic (exact) mass is 433 g/mol. The van der Waals surface area contributed by atoms with Crippen LogP contribution in [0, 0.1) is 0 Å². The molecule has 0 fully saturated rings. The smallest absolute Gasteiger partial charge is 0.335 e. The highest BCUT2D eigenvalue weighted by atomic mass is 28.3. The highest BCUT2D eigenvalue weighted by Gasteiger charge is 2.19. The molecule has 1 aromatic rings. The zero-order chi connectivity index (χ0) is 22.2. The third-order valence-electron chi connectivity index (χ3n) is 6.28. The van der Waals surface area contributed by atoms with E-state index in [0.29, 0.717) is 5.56 Å². The van der Waals surface area contributed by atoms with Gasteiger partial charge >= 0.3 is 5.97 Å².